The van der Waals surface area contributed by atoms with Gasteiger partial charge in [0.25, 0.3) is 5.56 Å². The Kier molecular flexibility index (Phi) is 2.53. The van der Waals surface area contributed by atoms with Crippen molar-refractivity contribution in [3.63, 3.8) is 0 Å². The second kappa shape index (κ2) is 3.83. The summed E-state index contributed by atoms with van der Waals surface area (Å²) in [6, 6.07) is 0. The van der Waals surface area contributed by atoms with Gasteiger partial charge in [-0.05, 0) is 6.42 Å². The fourth-order valence-electron chi connectivity index (χ4n) is 1.09. The van der Waals surface area contributed by atoms with Gasteiger partial charge in [-0.25, -0.2) is 4.98 Å². The number of nitrogens with one attached hydrogen (secondary N) is 2. The molecule has 14 heavy (non-hydrogen) atoms. The lowest BCUT2D eigenvalue weighted by Crippen LogP contribution is -2.08. The number of nitrogens with zero attached hydrogens (tertiary/aromatic N) is 2. The maximum atomic E-state index is 11.5. The molecule has 0 spiro atoms. The number of hydrogen-bond acceptors (Lipinski definition) is 4. The van der Waals surface area contributed by atoms with Gasteiger partial charge in [-0.1, -0.05) is 18.7 Å². The molecule has 2 aromatic heterocycles. The first-order valence-electron chi connectivity index (χ1n) is 4.37. The lowest BCUT2D eigenvalue weighted by Gasteiger charge is -1.97. The molecule has 0 amide bonds. The van der Waals surface area contributed by atoms with E-state index in [4.69, 9.17) is 0 Å². The van der Waals surface area contributed by atoms with Crippen LogP contribution in [-0.2, 0) is 0 Å². The highest BCUT2D eigenvalue weighted by molar-refractivity contribution is 7.99. The van der Waals surface area contributed by atoms with Crippen molar-refractivity contribution in [2.75, 3.05) is 5.75 Å². The highest BCUT2D eigenvalue weighted by atomic mass is 32.2. The lowest BCUT2D eigenvalue weighted by molar-refractivity contribution is 0.954. The van der Waals surface area contributed by atoms with Crippen molar-refractivity contribution < 1.29 is 0 Å². The minimum absolute atomic E-state index is 0.137. The van der Waals surface area contributed by atoms with Gasteiger partial charge in [0.15, 0.2) is 10.8 Å². The van der Waals surface area contributed by atoms with Crippen molar-refractivity contribution in [3.8, 4) is 0 Å². The van der Waals surface area contributed by atoms with Gasteiger partial charge in [0, 0.05) is 5.75 Å². The first kappa shape index (κ1) is 9.26. The van der Waals surface area contributed by atoms with Crippen molar-refractivity contribution >= 4 is 22.8 Å². The molecule has 2 N–H and O–H groups in total. The third-order valence-electron chi connectivity index (χ3n) is 1.74. The highest BCUT2D eigenvalue weighted by Crippen LogP contribution is 2.13. The van der Waals surface area contributed by atoms with Crippen LogP contribution in [0.2, 0.25) is 0 Å². The van der Waals surface area contributed by atoms with Gasteiger partial charge in [0.05, 0.1) is 6.20 Å². The number of thioether (sulfide) groups is 1. The van der Waals surface area contributed by atoms with Gasteiger partial charge < -0.3 is 4.98 Å². The summed E-state index contributed by atoms with van der Waals surface area (Å²) in [6.45, 7) is 2.08. The molecule has 5 nitrogen and oxygen atoms in total. The van der Waals surface area contributed by atoms with Crippen molar-refractivity contribution in [3.05, 3.63) is 16.6 Å². The van der Waals surface area contributed by atoms with Gasteiger partial charge in [0.1, 0.15) is 5.39 Å². The second-order valence-corrected chi connectivity index (χ2v) is 3.94. The van der Waals surface area contributed by atoms with Gasteiger partial charge >= 0.3 is 0 Å². The largest absolute Gasteiger partial charge is 0.301 e. The van der Waals surface area contributed by atoms with Gasteiger partial charge in [0.2, 0.25) is 0 Å². The minimum Gasteiger partial charge on any atom is -0.301 e. The van der Waals surface area contributed by atoms with E-state index in [0.717, 1.165) is 12.2 Å². The summed E-state index contributed by atoms with van der Waals surface area (Å²) in [5, 5.41) is 7.60. The maximum Gasteiger partial charge on any atom is 0.262 e. The fraction of sp³-hybridized carbons (Fsp3) is 0.375. The number of fused-ring (bicyclic) bond motifs is 1. The Morgan fingerprint density at radius 1 is 1.57 bits per heavy atom. The Morgan fingerprint density at radius 2 is 2.43 bits per heavy atom. The first-order valence-corrected chi connectivity index (χ1v) is 5.36. The van der Waals surface area contributed by atoms with E-state index in [-0.39, 0.29) is 5.56 Å². The summed E-state index contributed by atoms with van der Waals surface area (Å²) in [7, 11) is 0. The van der Waals surface area contributed by atoms with E-state index in [1.54, 1.807) is 0 Å². The van der Waals surface area contributed by atoms with Gasteiger partial charge in [-0.15, -0.1) is 0 Å². The van der Waals surface area contributed by atoms with E-state index in [1.807, 2.05) is 0 Å². The van der Waals surface area contributed by atoms with E-state index in [0.29, 0.717) is 16.2 Å². The van der Waals surface area contributed by atoms with Crippen LogP contribution in [-0.4, -0.2) is 25.9 Å². The summed E-state index contributed by atoms with van der Waals surface area (Å²) in [5.41, 5.74) is 0.412. The molecule has 0 radical (unpaired) electrons. The normalized spacial score (nSPS) is 10.9. The molecule has 2 heterocycles. The van der Waals surface area contributed by atoms with Crippen LogP contribution in [0.4, 0.5) is 0 Å². The van der Waals surface area contributed by atoms with Crippen LogP contribution < -0.4 is 5.56 Å². The van der Waals surface area contributed by atoms with E-state index in [1.165, 1.54) is 18.0 Å². The van der Waals surface area contributed by atoms with Crippen LogP contribution in [0.15, 0.2) is 16.1 Å². The molecule has 0 saturated carbocycles. The van der Waals surface area contributed by atoms with Crippen LogP contribution >= 0.6 is 11.8 Å². The predicted octanol–water partition coefficient (Wildman–Crippen LogP) is 1.15. The predicted molar refractivity (Wildman–Crippen MR) is 55.5 cm³/mol. The number of aromatic amines is 2. The Morgan fingerprint density at radius 3 is 3.21 bits per heavy atom. The zero-order valence-electron chi connectivity index (χ0n) is 7.70. The Bertz CT molecular complexity index is 489. The van der Waals surface area contributed by atoms with Gasteiger partial charge in [-0.3, -0.25) is 9.89 Å². The van der Waals surface area contributed by atoms with Crippen molar-refractivity contribution in [1.29, 1.82) is 0 Å². The molecule has 0 fully saturated rings. The molecule has 2 rings (SSSR count). The van der Waals surface area contributed by atoms with Crippen molar-refractivity contribution in [1.82, 2.24) is 20.2 Å². The molecule has 2 aromatic rings. The monoisotopic (exact) mass is 210 g/mol. The molecule has 74 valence electrons. The van der Waals surface area contributed by atoms with Crippen LogP contribution in [0.5, 0.6) is 0 Å². The summed E-state index contributed by atoms with van der Waals surface area (Å²) in [5.74, 6) is 0.947. The van der Waals surface area contributed by atoms with Crippen molar-refractivity contribution in [2.45, 2.75) is 18.5 Å². The highest BCUT2D eigenvalue weighted by Gasteiger charge is 2.04. The first-order chi connectivity index (χ1) is 6.81. The van der Waals surface area contributed by atoms with E-state index in [2.05, 4.69) is 27.1 Å². The number of H-pyrrole nitrogens is 2. The average Bonchev–Trinajstić information content (AvgIpc) is 2.63. The molecule has 0 atom stereocenters. The van der Waals surface area contributed by atoms with Crippen LogP contribution in [0, 0.1) is 0 Å². The second-order valence-electron chi connectivity index (χ2n) is 2.85. The molecule has 0 aromatic carbocycles. The number of hydrogen-bond donors (Lipinski definition) is 2. The topological polar surface area (TPSA) is 74.4 Å². The van der Waals surface area contributed by atoms with Crippen LogP contribution in [0.25, 0.3) is 11.0 Å². The standard InChI is InChI=1S/C8H10N4OS/c1-2-3-14-8-10-6-5(4-9-12-6)7(13)11-8/h4H,2-3H2,1H3,(H2,9,10,11,12,13). The fourth-order valence-corrected chi connectivity index (χ4v) is 1.81. The average molecular weight is 210 g/mol. The summed E-state index contributed by atoms with van der Waals surface area (Å²) in [6.07, 6.45) is 2.53. The molecule has 0 unspecified atom stereocenters. The van der Waals surface area contributed by atoms with Crippen molar-refractivity contribution in [2.24, 2.45) is 0 Å². The van der Waals surface area contributed by atoms with Crippen LogP contribution in [0.3, 0.4) is 0 Å². The third-order valence-corrected chi connectivity index (χ3v) is 2.82. The SMILES string of the molecule is CCCSc1nc2[nH]ncc2c(=O)[nH]1. The molecular weight excluding hydrogens is 200 g/mol. The maximum absolute atomic E-state index is 11.5. The molecule has 0 bridgehead atoms. The third kappa shape index (κ3) is 1.65. The van der Waals surface area contributed by atoms with Gasteiger partial charge in [-0.2, -0.15) is 5.10 Å². The molecule has 0 saturated heterocycles. The van der Waals surface area contributed by atoms with E-state index >= 15 is 0 Å². The summed E-state index contributed by atoms with van der Waals surface area (Å²) in [4.78, 5) is 18.4. The zero-order chi connectivity index (χ0) is 9.97. The minimum atomic E-state index is -0.137. The quantitative estimate of drug-likeness (QED) is 0.588. The lowest BCUT2D eigenvalue weighted by atomic mass is 10.4. The zero-order valence-corrected chi connectivity index (χ0v) is 8.52. The molecule has 0 aliphatic rings. The number of aromatic nitrogens is 4. The Labute approximate surface area is 84.3 Å². The summed E-state index contributed by atoms with van der Waals surface area (Å²) >= 11 is 1.54. The Hall–Kier alpha value is -1.30. The smallest absolute Gasteiger partial charge is 0.262 e. The van der Waals surface area contributed by atoms with E-state index < -0.39 is 0 Å². The number of rotatable bonds is 3. The van der Waals surface area contributed by atoms with E-state index in [9.17, 15) is 4.79 Å². The molecular formula is C8H10N4OS. The molecule has 0 aliphatic carbocycles. The summed E-state index contributed by atoms with van der Waals surface area (Å²) < 4.78 is 0. The Balaban J connectivity index is 2.43. The van der Waals surface area contributed by atoms with Crippen LogP contribution in [0.1, 0.15) is 13.3 Å². The molecule has 0 aliphatic heterocycles. The molecule has 6 heteroatoms.